The first-order valence-electron chi connectivity index (χ1n) is 6.36. The molecule has 2 N–H and O–H groups in total. The van der Waals surface area contributed by atoms with Crippen LogP contribution in [-0.4, -0.2) is 36.4 Å². The predicted octanol–water partition coefficient (Wildman–Crippen LogP) is 0.885. The number of hydrogen-bond donors (Lipinski definition) is 2. The van der Waals surface area contributed by atoms with Crippen LogP contribution in [0.4, 0.5) is 0 Å². The Morgan fingerprint density at radius 3 is 2.83 bits per heavy atom. The summed E-state index contributed by atoms with van der Waals surface area (Å²) in [4.78, 5) is 11.9. The van der Waals surface area contributed by atoms with Gasteiger partial charge in [-0.25, -0.2) is 0 Å². The second-order valence-corrected chi connectivity index (χ2v) is 4.58. The van der Waals surface area contributed by atoms with Crippen LogP contribution < -0.4 is 5.32 Å². The minimum absolute atomic E-state index is 0.0621. The number of hydrogen-bond acceptors (Lipinski definition) is 3. The van der Waals surface area contributed by atoms with Crippen molar-refractivity contribution in [1.29, 1.82) is 0 Å². The van der Waals surface area contributed by atoms with Gasteiger partial charge in [0.1, 0.15) is 6.10 Å². The maximum atomic E-state index is 11.9. The van der Waals surface area contributed by atoms with E-state index in [4.69, 9.17) is 4.74 Å². The Labute approximate surface area is 107 Å². The highest BCUT2D eigenvalue weighted by molar-refractivity contribution is 5.81. The molecule has 1 aromatic rings. The number of amides is 1. The van der Waals surface area contributed by atoms with Crippen molar-refractivity contribution in [1.82, 2.24) is 5.32 Å². The lowest BCUT2D eigenvalue weighted by molar-refractivity contribution is -0.131. The van der Waals surface area contributed by atoms with Crippen LogP contribution >= 0.6 is 0 Å². The molecule has 0 radical (unpaired) electrons. The molecular weight excluding hydrogens is 230 g/mol. The van der Waals surface area contributed by atoms with Gasteiger partial charge >= 0.3 is 0 Å². The van der Waals surface area contributed by atoms with E-state index < -0.39 is 0 Å². The Bertz CT molecular complexity index is 374. The number of nitrogens with one attached hydrogen (secondary N) is 1. The fourth-order valence-electron chi connectivity index (χ4n) is 2.14. The summed E-state index contributed by atoms with van der Waals surface area (Å²) in [5.41, 5.74) is 1.10. The lowest BCUT2D eigenvalue weighted by Gasteiger charge is -2.18. The normalized spacial score (nSPS) is 20.6. The molecule has 2 rings (SSSR count). The number of aliphatic hydroxyl groups is 1. The molecule has 1 unspecified atom stereocenters. The summed E-state index contributed by atoms with van der Waals surface area (Å²) in [6.07, 6.45) is 2.00. The lowest BCUT2D eigenvalue weighted by Crippen LogP contribution is -2.44. The first-order valence-corrected chi connectivity index (χ1v) is 6.36. The second-order valence-electron chi connectivity index (χ2n) is 4.58. The number of carbonyl (C=O) groups excluding carboxylic acids is 1. The molecule has 4 heteroatoms. The minimum atomic E-state index is -0.338. The van der Waals surface area contributed by atoms with Gasteiger partial charge in [-0.1, -0.05) is 30.3 Å². The second kappa shape index (κ2) is 6.52. The zero-order valence-corrected chi connectivity index (χ0v) is 10.3. The van der Waals surface area contributed by atoms with Crippen LogP contribution in [0, 0.1) is 0 Å². The van der Waals surface area contributed by atoms with Crippen LogP contribution in [0.3, 0.4) is 0 Å². The van der Waals surface area contributed by atoms with E-state index in [-0.39, 0.29) is 24.7 Å². The molecule has 4 nitrogen and oxygen atoms in total. The largest absolute Gasteiger partial charge is 0.394 e. The van der Waals surface area contributed by atoms with E-state index in [9.17, 15) is 9.90 Å². The van der Waals surface area contributed by atoms with E-state index in [1.54, 1.807) is 0 Å². The average molecular weight is 249 g/mol. The summed E-state index contributed by atoms with van der Waals surface area (Å²) in [7, 11) is 0. The molecule has 2 atom stereocenters. The Hall–Kier alpha value is -1.39. The maximum absolute atomic E-state index is 11.9. The highest BCUT2D eigenvalue weighted by Crippen LogP contribution is 2.12. The van der Waals surface area contributed by atoms with Crippen molar-refractivity contribution in [3.63, 3.8) is 0 Å². The summed E-state index contributed by atoms with van der Waals surface area (Å²) >= 11 is 0. The number of ether oxygens (including phenoxy) is 1. The van der Waals surface area contributed by atoms with Crippen molar-refractivity contribution in [3.05, 3.63) is 35.9 Å². The molecule has 1 amide bonds. The molecule has 0 saturated carbocycles. The van der Waals surface area contributed by atoms with Crippen LogP contribution in [-0.2, 0) is 16.0 Å². The van der Waals surface area contributed by atoms with Crippen LogP contribution in [0.1, 0.15) is 18.4 Å². The highest BCUT2D eigenvalue weighted by atomic mass is 16.5. The van der Waals surface area contributed by atoms with Crippen molar-refractivity contribution >= 4 is 5.91 Å². The molecule has 98 valence electrons. The van der Waals surface area contributed by atoms with Crippen LogP contribution in [0.25, 0.3) is 0 Å². The zero-order chi connectivity index (χ0) is 12.8. The van der Waals surface area contributed by atoms with E-state index in [1.807, 2.05) is 30.3 Å². The topological polar surface area (TPSA) is 58.6 Å². The summed E-state index contributed by atoms with van der Waals surface area (Å²) in [6.45, 7) is 0.591. The summed E-state index contributed by atoms with van der Waals surface area (Å²) in [5, 5.41) is 12.2. The average Bonchev–Trinajstić information content (AvgIpc) is 2.93. The first-order chi connectivity index (χ1) is 8.79. The molecule has 1 fully saturated rings. The van der Waals surface area contributed by atoms with Crippen molar-refractivity contribution in [2.24, 2.45) is 0 Å². The molecule has 1 aliphatic heterocycles. The number of carbonyl (C=O) groups is 1. The van der Waals surface area contributed by atoms with Gasteiger partial charge in [0, 0.05) is 6.61 Å². The van der Waals surface area contributed by atoms with Gasteiger partial charge in [-0.05, 0) is 24.8 Å². The van der Waals surface area contributed by atoms with Gasteiger partial charge in [0.15, 0.2) is 0 Å². The molecule has 1 aromatic carbocycles. The molecule has 1 saturated heterocycles. The van der Waals surface area contributed by atoms with E-state index in [1.165, 1.54) is 0 Å². The van der Waals surface area contributed by atoms with E-state index in [2.05, 4.69) is 5.32 Å². The van der Waals surface area contributed by atoms with Crippen molar-refractivity contribution in [2.45, 2.75) is 31.4 Å². The Kier molecular flexibility index (Phi) is 4.73. The maximum Gasteiger partial charge on any atom is 0.249 e. The molecule has 0 aliphatic carbocycles. The van der Waals surface area contributed by atoms with Gasteiger partial charge in [0.2, 0.25) is 5.91 Å². The molecule has 1 aliphatic rings. The van der Waals surface area contributed by atoms with E-state index >= 15 is 0 Å². The van der Waals surface area contributed by atoms with Crippen LogP contribution in [0.2, 0.25) is 0 Å². The van der Waals surface area contributed by atoms with Crippen molar-refractivity contribution < 1.29 is 14.6 Å². The number of aliphatic hydroxyl groups excluding tert-OH is 1. The summed E-state index contributed by atoms with van der Waals surface area (Å²) in [6, 6.07) is 9.57. The van der Waals surface area contributed by atoms with Crippen LogP contribution in [0.15, 0.2) is 30.3 Å². The quantitative estimate of drug-likeness (QED) is 0.814. The molecule has 1 heterocycles. The fraction of sp³-hybridized carbons (Fsp3) is 0.500. The monoisotopic (exact) mass is 249 g/mol. The Morgan fingerprint density at radius 1 is 1.44 bits per heavy atom. The predicted molar refractivity (Wildman–Crippen MR) is 68.1 cm³/mol. The lowest BCUT2D eigenvalue weighted by atomic mass is 10.1. The number of benzene rings is 1. The van der Waals surface area contributed by atoms with Gasteiger partial charge < -0.3 is 15.2 Å². The Balaban J connectivity index is 1.87. The molecule has 18 heavy (non-hydrogen) atoms. The van der Waals surface area contributed by atoms with E-state index in [0.29, 0.717) is 13.0 Å². The summed E-state index contributed by atoms with van der Waals surface area (Å²) in [5.74, 6) is -0.109. The molecule has 0 spiro atoms. The van der Waals surface area contributed by atoms with Gasteiger partial charge in [-0.15, -0.1) is 0 Å². The van der Waals surface area contributed by atoms with Gasteiger partial charge in [0.25, 0.3) is 0 Å². The highest BCUT2D eigenvalue weighted by Gasteiger charge is 2.25. The summed E-state index contributed by atoms with van der Waals surface area (Å²) < 4.78 is 5.32. The third kappa shape index (κ3) is 3.55. The minimum Gasteiger partial charge on any atom is -0.394 e. The molecule has 0 aromatic heterocycles. The first kappa shape index (κ1) is 13.1. The molecular formula is C14H19NO3. The number of rotatable bonds is 5. The smallest absolute Gasteiger partial charge is 0.249 e. The van der Waals surface area contributed by atoms with Crippen molar-refractivity contribution in [3.8, 4) is 0 Å². The standard InChI is InChI=1S/C14H19NO3/c16-10-12(9-11-5-2-1-3-6-11)15-14(17)13-7-4-8-18-13/h1-3,5-6,12-13,16H,4,7-10H2,(H,15,17)/t12?,13-/m0/s1. The van der Waals surface area contributed by atoms with E-state index in [0.717, 1.165) is 18.4 Å². The van der Waals surface area contributed by atoms with Crippen LogP contribution in [0.5, 0.6) is 0 Å². The third-order valence-corrected chi connectivity index (χ3v) is 3.11. The van der Waals surface area contributed by atoms with Gasteiger partial charge in [0.05, 0.1) is 12.6 Å². The zero-order valence-electron chi connectivity index (χ0n) is 10.3. The SMILES string of the molecule is O=C(NC(CO)Cc1ccccc1)[C@@H]1CCCO1. The third-order valence-electron chi connectivity index (χ3n) is 3.11. The van der Waals surface area contributed by atoms with Gasteiger partial charge in [-0.2, -0.15) is 0 Å². The Morgan fingerprint density at radius 2 is 2.22 bits per heavy atom. The molecule has 0 bridgehead atoms. The van der Waals surface area contributed by atoms with Gasteiger partial charge in [-0.3, -0.25) is 4.79 Å². The fourth-order valence-corrected chi connectivity index (χ4v) is 2.14. The van der Waals surface area contributed by atoms with Crippen molar-refractivity contribution in [2.75, 3.05) is 13.2 Å².